The molecule has 70 valence electrons. The minimum Gasteiger partial charge on any atom is -0.193 e. The molecule has 0 unspecified atom stereocenters. The van der Waals surface area contributed by atoms with Crippen molar-refractivity contribution in [1.29, 1.82) is 5.26 Å². The number of nitriles is 1. The largest absolute Gasteiger partial charge is 0.193 e. The van der Waals surface area contributed by atoms with E-state index in [0.29, 0.717) is 5.57 Å². The number of nitrogens with zero attached hydrogens (tertiary/aromatic N) is 2. The zero-order valence-corrected chi connectivity index (χ0v) is 7.90. The molecule has 0 atom stereocenters. The van der Waals surface area contributed by atoms with Crippen LogP contribution in [0.1, 0.15) is 18.1 Å². The van der Waals surface area contributed by atoms with E-state index in [2.05, 4.69) is 5.18 Å². The number of hydrogen-bond acceptors (Lipinski definition) is 3. The highest BCUT2D eigenvalue weighted by molar-refractivity contribution is 5.56. The lowest BCUT2D eigenvalue weighted by atomic mass is 10.1. The Labute approximate surface area is 82.7 Å². The molecule has 0 aromatic heterocycles. The van der Waals surface area contributed by atoms with Crippen LogP contribution in [0.25, 0.3) is 6.08 Å². The minimum atomic E-state index is 0.196. The van der Waals surface area contributed by atoms with Gasteiger partial charge in [-0.25, -0.2) is 0 Å². The normalized spacial score (nSPS) is 10.7. The second kappa shape index (κ2) is 4.93. The molecule has 0 spiro atoms. The summed E-state index contributed by atoms with van der Waals surface area (Å²) >= 11 is 0. The molecule has 1 rings (SSSR count). The van der Waals surface area contributed by atoms with Gasteiger partial charge in [0.15, 0.2) is 0 Å². The Balaban J connectivity index is 2.84. The van der Waals surface area contributed by atoms with Crippen LogP contribution in [0.3, 0.4) is 0 Å². The number of rotatable bonds is 3. The van der Waals surface area contributed by atoms with E-state index in [1.807, 2.05) is 30.3 Å². The first-order valence-electron chi connectivity index (χ1n) is 4.22. The van der Waals surface area contributed by atoms with E-state index < -0.39 is 0 Å². The van der Waals surface area contributed by atoms with Crippen LogP contribution in [0.5, 0.6) is 0 Å². The Morgan fingerprint density at radius 2 is 2.14 bits per heavy atom. The van der Waals surface area contributed by atoms with Crippen molar-refractivity contribution in [2.45, 2.75) is 13.5 Å². The lowest BCUT2D eigenvalue weighted by Crippen LogP contribution is -1.80. The summed E-state index contributed by atoms with van der Waals surface area (Å²) in [6.07, 6.45) is 1.79. The number of allylic oxidation sites excluding steroid dienone is 1. The summed E-state index contributed by atoms with van der Waals surface area (Å²) in [4.78, 5) is 9.98. The van der Waals surface area contributed by atoms with Gasteiger partial charge in [0.1, 0.15) is 6.54 Å². The van der Waals surface area contributed by atoms with Gasteiger partial charge in [0.2, 0.25) is 0 Å². The highest BCUT2D eigenvalue weighted by Gasteiger charge is 1.93. The van der Waals surface area contributed by atoms with Gasteiger partial charge in [-0.05, 0) is 24.1 Å². The first-order valence-corrected chi connectivity index (χ1v) is 4.22. The Bertz CT molecular complexity index is 385. The first-order chi connectivity index (χ1) is 6.76. The number of hydrogen-bond donors (Lipinski definition) is 0. The van der Waals surface area contributed by atoms with E-state index in [1.165, 1.54) is 0 Å². The summed E-state index contributed by atoms with van der Waals surface area (Å²) in [6, 6.07) is 9.43. The quantitative estimate of drug-likeness (QED) is 0.538. The van der Waals surface area contributed by atoms with Crippen LogP contribution in [0.2, 0.25) is 0 Å². The Morgan fingerprint density at radius 1 is 1.50 bits per heavy atom. The van der Waals surface area contributed by atoms with Gasteiger partial charge in [0, 0.05) is 5.57 Å². The molecule has 0 radical (unpaired) electrons. The second-order valence-corrected chi connectivity index (χ2v) is 2.97. The van der Waals surface area contributed by atoms with Crippen molar-refractivity contribution >= 4 is 6.08 Å². The molecule has 1 aromatic carbocycles. The average Bonchev–Trinajstić information content (AvgIpc) is 2.21. The molecule has 0 heterocycles. The van der Waals surface area contributed by atoms with Crippen LogP contribution in [-0.4, -0.2) is 0 Å². The summed E-state index contributed by atoms with van der Waals surface area (Å²) in [5.41, 5.74) is 2.50. The maximum atomic E-state index is 9.98. The van der Waals surface area contributed by atoms with Crippen LogP contribution >= 0.6 is 0 Å². The van der Waals surface area contributed by atoms with E-state index in [1.54, 1.807) is 13.0 Å². The molecule has 0 aliphatic rings. The predicted octanol–water partition coefficient (Wildman–Crippen LogP) is 2.88. The van der Waals surface area contributed by atoms with E-state index in [-0.39, 0.29) is 6.54 Å². The van der Waals surface area contributed by atoms with Gasteiger partial charge in [-0.15, -0.1) is 0 Å². The minimum absolute atomic E-state index is 0.196. The van der Waals surface area contributed by atoms with Crippen molar-refractivity contribution < 1.29 is 0 Å². The Hall–Kier alpha value is -1.95. The highest BCUT2D eigenvalue weighted by Crippen LogP contribution is 2.09. The fourth-order valence-electron chi connectivity index (χ4n) is 1.08. The van der Waals surface area contributed by atoms with Gasteiger partial charge < -0.3 is 0 Å². The Morgan fingerprint density at radius 3 is 2.64 bits per heavy atom. The van der Waals surface area contributed by atoms with Crippen molar-refractivity contribution in [2.24, 2.45) is 5.18 Å². The standard InChI is InChI=1S/C11H10N2O/c1-9(7-12)6-10-2-4-11(5-3-10)8-13-14/h2-6H,8H2,1H3/b9-6-. The SMILES string of the molecule is C/C(C#N)=C/c1ccc(CN=O)cc1. The number of benzene rings is 1. The van der Waals surface area contributed by atoms with Gasteiger partial charge in [0.05, 0.1) is 6.07 Å². The Kier molecular flexibility index (Phi) is 3.57. The van der Waals surface area contributed by atoms with Crippen molar-refractivity contribution in [1.82, 2.24) is 0 Å². The summed E-state index contributed by atoms with van der Waals surface area (Å²) in [6.45, 7) is 1.95. The van der Waals surface area contributed by atoms with Crippen LogP contribution < -0.4 is 0 Å². The second-order valence-electron chi connectivity index (χ2n) is 2.97. The lowest BCUT2D eigenvalue weighted by molar-refractivity contribution is 1.05. The van der Waals surface area contributed by atoms with E-state index in [9.17, 15) is 4.91 Å². The monoisotopic (exact) mass is 186 g/mol. The molecule has 0 bridgehead atoms. The fraction of sp³-hybridized carbons (Fsp3) is 0.182. The third-order valence-electron chi connectivity index (χ3n) is 1.79. The van der Waals surface area contributed by atoms with Crippen molar-refractivity contribution in [3.8, 4) is 6.07 Å². The molecule has 0 saturated carbocycles. The van der Waals surface area contributed by atoms with Crippen molar-refractivity contribution in [3.63, 3.8) is 0 Å². The molecule has 3 heteroatoms. The van der Waals surface area contributed by atoms with Gasteiger partial charge in [-0.2, -0.15) is 10.2 Å². The average molecular weight is 186 g/mol. The zero-order valence-electron chi connectivity index (χ0n) is 7.90. The third-order valence-corrected chi connectivity index (χ3v) is 1.79. The number of nitroso groups, excluding NO2 is 1. The third kappa shape index (κ3) is 2.83. The molecule has 1 aromatic rings. The van der Waals surface area contributed by atoms with Gasteiger partial charge in [-0.3, -0.25) is 0 Å². The molecule has 0 amide bonds. The molecule has 0 aliphatic heterocycles. The summed E-state index contributed by atoms with van der Waals surface area (Å²) in [5.74, 6) is 0. The summed E-state index contributed by atoms with van der Waals surface area (Å²) in [5, 5.41) is 11.4. The summed E-state index contributed by atoms with van der Waals surface area (Å²) in [7, 11) is 0. The predicted molar refractivity (Wildman–Crippen MR) is 55.2 cm³/mol. The van der Waals surface area contributed by atoms with Crippen molar-refractivity contribution in [2.75, 3.05) is 0 Å². The molecule has 0 saturated heterocycles. The van der Waals surface area contributed by atoms with E-state index >= 15 is 0 Å². The molecule has 0 N–H and O–H groups in total. The van der Waals surface area contributed by atoms with Crippen LogP contribution in [0, 0.1) is 16.2 Å². The molecule has 14 heavy (non-hydrogen) atoms. The summed E-state index contributed by atoms with van der Waals surface area (Å²) < 4.78 is 0. The smallest absolute Gasteiger partial charge is 0.106 e. The van der Waals surface area contributed by atoms with Crippen LogP contribution in [0.4, 0.5) is 0 Å². The highest BCUT2D eigenvalue weighted by atomic mass is 16.3. The van der Waals surface area contributed by atoms with Crippen molar-refractivity contribution in [3.05, 3.63) is 45.9 Å². The maximum Gasteiger partial charge on any atom is 0.106 e. The molecule has 3 nitrogen and oxygen atoms in total. The first kappa shape index (κ1) is 10.1. The van der Waals surface area contributed by atoms with Gasteiger partial charge >= 0.3 is 0 Å². The van der Waals surface area contributed by atoms with Crippen LogP contribution in [0.15, 0.2) is 35.0 Å². The fourth-order valence-corrected chi connectivity index (χ4v) is 1.08. The molecule has 0 fully saturated rings. The topological polar surface area (TPSA) is 53.2 Å². The molecular weight excluding hydrogens is 176 g/mol. The van der Waals surface area contributed by atoms with Crippen LogP contribution in [-0.2, 0) is 6.54 Å². The van der Waals surface area contributed by atoms with E-state index in [0.717, 1.165) is 11.1 Å². The van der Waals surface area contributed by atoms with Gasteiger partial charge in [0.25, 0.3) is 0 Å². The van der Waals surface area contributed by atoms with E-state index in [4.69, 9.17) is 5.26 Å². The molecular formula is C11H10N2O. The van der Waals surface area contributed by atoms with Gasteiger partial charge in [-0.1, -0.05) is 29.4 Å². The lowest BCUT2D eigenvalue weighted by Gasteiger charge is -1.96. The molecule has 0 aliphatic carbocycles. The maximum absolute atomic E-state index is 9.98. The zero-order chi connectivity index (χ0) is 10.4.